The zero-order valence-electron chi connectivity index (χ0n) is 23.8. The van der Waals surface area contributed by atoms with Crippen molar-refractivity contribution in [2.24, 2.45) is 27.9 Å². The number of hydrogen-bond donors (Lipinski definition) is 8. The van der Waals surface area contributed by atoms with Gasteiger partial charge in [-0.15, -0.1) is 0 Å². The summed E-state index contributed by atoms with van der Waals surface area (Å²) < 4.78 is 0. The normalized spacial score (nSPS) is 16.9. The second-order valence-corrected chi connectivity index (χ2v) is 10.6. The van der Waals surface area contributed by atoms with E-state index in [1.54, 1.807) is 6.20 Å². The fraction of sp³-hybridized carbons (Fsp3) is 0.536. The van der Waals surface area contributed by atoms with Crippen molar-refractivity contribution in [3.05, 3.63) is 36.0 Å². The summed E-state index contributed by atoms with van der Waals surface area (Å²) in [6, 6.07) is 3.77. The SMILES string of the molecule is NCCCCC(NC(=O)C(CCCN=C(N)N)NC(=O)C(N)Cc1c[nH]c2ccccc12)C(=O)N1CCCC1C(=O)O. The predicted molar refractivity (Wildman–Crippen MR) is 159 cm³/mol. The molecule has 12 N–H and O–H groups in total. The van der Waals surface area contributed by atoms with Crippen LogP contribution < -0.4 is 33.6 Å². The lowest BCUT2D eigenvalue weighted by Gasteiger charge is -2.29. The molecule has 3 rings (SSSR count). The number of carbonyl (C=O) groups is 4. The molecule has 1 aliphatic heterocycles. The second kappa shape index (κ2) is 15.7. The van der Waals surface area contributed by atoms with Crippen LogP contribution in [0.4, 0.5) is 0 Å². The molecule has 4 unspecified atom stereocenters. The lowest BCUT2D eigenvalue weighted by Crippen LogP contribution is -2.57. The van der Waals surface area contributed by atoms with Crippen LogP contribution in [0.1, 0.15) is 50.5 Å². The van der Waals surface area contributed by atoms with Crippen LogP contribution in [0.15, 0.2) is 35.5 Å². The Balaban J connectivity index is 1.73. The van der Waals surface area contributed by atoms with Crippen LogP contribution in [0.5, 0.6) is 0 Å². The Hall–Kier alpha value is -4.17. The first-order valence-corrected chi connectivity index (χ1v) is 14.3. The Morgan fingerprint density at radius 2 is 1.76 bits per heavy atom. The van der Waals surface area contributed by atoms with Gasteiger partial charge in [-0.05, 0) is 69.5 Å². The summed E-state index contributed by atoms with van der Waals surface area (Å²) >= 11 is 0. The summed E-state index contributed by atoms with van der Waals surface area (Å²) in [5.74, 6) is -2.75. The fourth-order valence-corrected chi connectivity index (χ4v) is 5.19. The Morgan fingerprint density at radius 3 is 2.48 bits per heavy atom. The number of amides is 3. The van der Waals surface area contributed by atoms with Gasteiger partial charge < -0.3 is 48.6 Å². The highest BCUT2D eigenvalue weighted by atomic mass is 16.4. The molecule has 1 saturated heterocycles. The topological polar surface area (TPSA) is 248 Å². The number of benzene rings is 1. The second-order valence-electron chi connectivity index (χ2n) is 10.6. The Labute approximate surface area is 244 Å². The average Bonchev–Trinajstić information content (AvgIpc) is 3.61. The molecular formula is C28H43N9O5. The van der Waals surface area contributed by atoms with Gasteiger partial charge >= 0.3 is 5.97 Å². The van der Waals surface area contributed by atoms with E-state index in [1.807, 2.05) is 24.3 Å². The number of carbonyl (C=O) groups excluding carboxylic acids is 3. The minimum atomic E-state index is -1.08. The molecule has 0 saturated carbocycles. The van der Waals surface area contributed by atoms with Crippen LogP contribution >= 0.6 is 0 Å². The number of carboxylic acid groups (broad SMARTS) is 1. The number of aliphatic imine (C=N–C) groups is 1. The van der Waals surface area contributed by atoms with Gasteiger partial charge in [-0.3, -0.25) is 19.4 Å². The van der Waals surface area contributed by atoms with Crippen LogP contribution in [0.25, 0.3) is 10.9 Å². The summed E-state index contributed by atoms with van der Waals surface area (Å²) in [6.45, 7) is 0.935. The molecule has 2 aromatic rings. The van der Waals surface area contributed by atoms with Crippen LogP contribution in [-0.2, 0) is 25.6 Å². The van der Waals surface area contributed by atoms with Gasteiger partial charge in [-0.1, -0.05) is 18.2 Å². The number of aliphatic carboxylic acids is 1. The predicted octanol–water partition coefficient (Wildman–Crippen LogP) is -0.734. The van der Waals surface area contributed by atoms with Crippen molar-refractivity contribution in [1.82, 2.24) is 20.5 Å². The third-order valence-corrected chi connectivity index (χ3v) is 7.41. The number of likely N-dealkylation sites (tertiary alicyclic amines) is 1. The largest absolute Gasteiger partial charge is 0.480 e. The summed E-state index contributed by atoms with van der Waals surface area (Å²) in [5, 5.41) is 16.0. The molecule has 0 radical (unpaired) electrons. The number of fused-ring (bicyclic) bond motifs is 1. The van der Waals surface area contributed by atoms with Gasteiger partial charge in [0.05, 0.1) is 6.04 Å². The number of hydrogen-bond acceptors (Lipinski definition) is 7. The molecule has 42 heavy (non-hydrogen) atoms. The fourth-order valence-electron chi connectivity index (χ4n) is 5.19. The van der Waals surface area contributed by atoms with Crippen molar-refractivity contribution in [3.63, 3.8) is 0 Å². The molecule has 2 heterocycles. The maximum atomic E-state index is 13.5. The maximum absolute atomic E-state index is 13.5. The Bertz CT molecular complexity index is 1260. The summed E-state index contributed by atoms with van der Waals surface area (Å²) in [6.07, 6.45) is 4.96. The molecule has 1 fully saturated rings. The van der Waals surface area contributed by atoms with Gasteiger partial charge in [0.1, 0.15) is 18.1 Å². The van der Waals surface area contributed by atoms with Gasteiger partial charge in [-0.2, -0.15) is 0 Å². The van der Waals surface area contributed by atoms with Gasteiger partial charge in [0.2, 0.25) is 17.7 Å². The van der Waals surface area contributed by atoms with Gasteiger partial charge in [0.15, 0.2) is 5.96 Å². The van der Waals surface area contributed by atoms with E-state index in [0.717, 1.165) is 16.5 Å². The minimum absolute atomic E-state index is 0.0926. The smallest absolute Gasteiger partial charge is 0.326 e. The summed E-state index contributed by atoms with van der Waals surface area (Å²) in [4.78, 5) is 60.2. The number of unbranched alkanes of at least 4 members (excludes halogenated alkanes) is 1. The highest BCUT2D eigenvalue weighted by molar-refractivity contribution is 5.94. The number of aromatic nitrogens is 1. The molecule has 1 aromatic carbocycles. The first-order chi connectivity index (χ1) is 20.1. The van der Waals surface area contributed by atoms with Crippen molar-refractivity contribution < 1.29 is 24.3 Å². The zero-order chi connectivity index (χ0) is 30.6. The molecule has 0 aliphatic carbocycles. The van der Waals surface area contributed by atoms with Crippen molar-refractivity contribution in [2.75, 3.05) is 19.6 Å². The third-order valence-electron chi connectivity index (χ3n) is 7.41. The van der Waals surface area contributed by atoms with Crippen molar-refractivity contribution in [1.29, 1.82) is 0 Å². The first kappa shape index (κ1) is 32.3. The van der Waals surface area contributed by atoms with E-state index in [9.17, 15) is 24.3 Å². The summed E-state index contributed by atoms with van der Waals surface area (Å²) in [7, 11) is 0. The highest BCUT2D eigenvalue weighted by Crippen LogP contribution is 2.21. The third kappa shape index (κ3) is 8.91. The monoisotopic (exact) mass is 585 g/mol. The van der Waals surface area contributed by atoms with E-state index in [-0.39, 0.29) is 31.8 Å². The minimum Gasteiger partial charge on any atom is -0.480 e. The van der Waals surface area contributed by atoms with E-state index in [0.29, 0.717) is 45.2 Å². The number of para-hydroxylation sites is 1. The maximum Gasteiger partial charge on any atom is 0.326 e. The van der Waals surface area contributed by atoms with Gasteiger partial charge in [0.25, 0.3) is 0 Å². The number of aromatic amines is 1. The molecule has 4 atom stereocenters. The Kier molecular flexibility index (Phi) is 12.1. The number of guanidine groups is 1. The quantitative estimate of drug-likeness (QED) is 0.0701. The van der Waals surface area contributed by atoms with Crippen LogP contribution in [0, 0.1) is 0 Å². The molecule has 14 heteroatoms. The lowest BCUT2D eigenvalue weighted by molar-refractivity contribution is -0.149. The molecule has 0 spiro atoms. The Morgan fingerprint density at radius 1 is 1.05 bits per heavy atom. The molecule has 14 nitrogen and oxygen atoms in total. The number of nitrogens with one attached hydrogen (secondary N) is 3. The average molecular weight is 586 g/mol. The number of carboxylic acids is 1. The van der Waals surface area contributed by atoms with Gasteiger partial charge in [0, 0.05) is 30.2 Å². The van der Waals surface area contributed by atoms with E-state index in [2.05, 4.69) is 20.6 Å². The van der Waals surface area contributed by atoms with Crippen molar-refractivity contribution >= 4 is 40.6 Å². The number of rotatable bonds is 16. The van der Waals surface area contributed by atoms with Crippen LogP contribution in [0.3, 0.4) is 0 Å². The van der Waals surface area contributed by atoms with E-state index < -0.39 is 47.9 Å². The van der Waals surface area contributed by atoms with Crippen molar-refractivity contribution in [3.8, 4) is 0 Å². The molecule has 3 amide bonds. The highest BCUT2D eigenvalue weighted by Gasteiger charge is 2.38. The van der Waals surface area contributed by atoms with E-state index in [1.165, 1.54) is 4.90 Å². The lowest BCUT2D eigenvalue weighted by atomic mass is 10.0. The number of nitrogens with two attached hydrogens (primary N) is 4. The molecule has 0 bridgehead atoms. The van der Waals surface area contributed by atoms with Crippen LogP contribution in [0.2, 0.25) is 0 Å². The van der Waals surface area contributed by atoms with Gasteiger partial charge in [-0.25, -0.2) is 4.79 Å². The molecular weight excluding hydrogens is 542 g/mol. The first-order valence-electron chi connectivity index (χ1n) is 14.3. The summed E-state index contributed by atoms with van der Waals surface area (Å²) in [5.41, 5.74) is 24.5. The zero-order valence-corrected chi connectivity index (χ0v) is 23.8. The number of nitrogens with zero attached hydrogens (tertiary/aromatic N) is 2. The van der Waals surface area contributed by atoms with E-state index in [4.69, 9.17) is 22.9 Å². The van der Waals surface area contributed by atoms with Crippen LogP contribution in [-0.4, -0.2) is 88.4 Å². The molecule has 230 valence electrons. The van der Waals surface area contributed by atoms with Crippen molar-refractivity contribution in [2.45, 2.75) is 75.5 Å². The standard InChI is InChI=1S/C28H43N9O5/c29-12-4-3-9-22(26(40)37-14-6-11-23(37)27(41)42)36-25(39)21(10-5-13-33-28(31)32)35-24(38)19(30)15-17-16-34-20-8-2-1-7-18(17)20/h1-2,7-8,16,19,21-23,34H,3-6,9-15,29-30H2,(H,35,38)(H,36,39)(H,41,42)(H4,31,32,33). The molecule has 1 aromatic heterocycles. The number of H-pyrrole nitrogens is 1. The molecule has 1 aliphatic rings. The van der Waals surface area contributed by atoms with E-state index >= 15 is 0 Å².